The van der Waals surface area contributed by atoms with E-state index in [2.05, 4.69) is 16.4 Å². The molecule has 46 heavy (non-hydrogen) atoms. The lowest BCUT2D eigenvalue weighted by molar-refractivity contribution is -0.274. The van der Waals surface area contributed by atoms with Crippen LogP contribution in [0.4, 0.5) is 13.2 Å². The molecule has 0 saturated heterocycles. The second-order valence-corrected chi connectivity index (χ2v) is 10.9. The van der Waals surface area contributed by atoms with Gasteiger partial charge in [0.15, 0.2) is 0 Å². The average molecular weight is 644 g/mol. The lowest BCUT2D eigenvalue weighted by Gasteiger charge is -2.43. The largest absolute Gasteiger partial charge is 0.573 e. The quantitative estimate of drug-likeness (QED) is 0.0646. The molecular formula is C33H40F3N5O5. The van der Waals surface area contributed by atoms with Crippen molar-refractivity contribution in [2.45, 2.75) is 76.7 Å². The van der Waals surface area contributed by atoms with E-state index in [1.165, 1.54) is 12.1 Å². The Morgan fingerprint density at radius 2 is 1.59 bits per heavy atom. The number of carboxylic acid groups (broad SMARTS) is 1. The number of alkyl halides is 3. The number of benzene rings is 3. The highest BCUT2D eigenvalue weighted by Gasteiger charge is 2.47. The van der Waals surface area contributed by atoms with Crippen LogP contribution in [0.3, 0.4) is 0 Å². The van der Waals surface area contributed by atoms with Crippen molar-refractivity contribution < 1.29 is 37.3 Å². The Morgan fingerprint density at radius 3 is 2.17 bits per heavy atom. The molecule has 8 N–H and O–H groups in total. The summed E-state index contributed by atoms with van der Waals surface area (Å²) in [6, 6.07) is 17.1. The third-order valence-electron chi connectivity index (χ3n) is 7.80. The lowest BCUT2D eigenvalue weighted by atomic mass is 9.79. The smallest absolute Gasteiger partial charge is 0.479 e. The fourth-order valence-corrected chi connectivity index (χ4v) is 5.58. The second-order valence-electron chi connectivity index (χ2n) is 10.9. The molecule has 0 bridgehead atoms. The summed E-state index contributed by atoms with van der Waals surface area (Å²) in [5.74, 6) is 6.65. The van der Waals surface area contributed by atoms with Crippen molar-refractivity contribution in [3.8, 4) is 28.4 Å². The SMILES string of the molecule is CCCCC(=O)N(Cc1ccc(-c2cc(Oc3cccc(OC(F)(F)F)c3)ccc2C(=N)N)cc1)C1(C(=O)O)CCCCC1.NN. The van der Waals surface area contributed by atoms with E-state index in [-0.39, 0.29) is 30.5 Å². The number of hydrogen-bond acceptors (Lipinski definition) is 7. The first-order valence-electron chi connectivity index (χ1n) is 14.9. The highest BCUT2D eigenvalue weighted by atomic mass is 19.4. The molecule has 0 spiro atoms. The van der Waals surface area contributed by atoms with Gasteiger partial charge in [-0.2, -0.15) is 0 Å². The van der Waals surface area contributed by atoms with E-state index in [4.69, 9.17) is 15.9 Å². The summed E-state index contributed by atoms with van der Waals surface area (Å²) in [4.78, 5) is 27.5. The van der Waals surface area contributed by atoms with Gasteiger partial charge >= 0.3 is 12.3 Å². The van der Waals surface area contributed by atoms with Crippen LogP contribution in [0.25, 0.3) is 11.1 Å². The van der Waals surface area contributed by atoms with E-state index < -0.39 is 23.6 Å². The number of amides is 1. The molecule has 1 aliphatic carbocycles. The van der Waals surface area contributed by atoms with E-state index in [0.717, 1.165) is 43.4 Å². The molecule has 1 amide bonds. The van der Waals surface area contributed by atoms with Crippen molar-refractivity contribution in [2.75, 3.05) is 0 Å². The fraction of sp³-hybridized carbons (Fsp3) is 0.364. The number of rotatable bonds is 12. The number of carbonyl (C=O) groups excluding carboxylic acids is 1. The first-order chi connectivity index (χ1) is 21.9. The normalized spacial score (nSPS) is 14.0. The Kier molecular flexibility index (Phi) is 12.5. The van der Waals surface area contributed by atoms with Crippen molar-refractivity contribution in [1.82, 2.24) is 4.90 Å². The maximum absolute atomic E-state index is 13.3. The van der Waals surface area contributed by atoms with Gasteiger partial charge in [-0.05, 0) is 66.3 Å². The van der Waals surface area contributed by atoms with Crippen LogP contribution in [-0.2, 0) is 16.1 Å². The maximum Gasteiger partial charge on any atom is 0.573 e. The highest BCUT2D eigenvalue weighted by Crippen LogP contribution is 2.37. The van der Waals surface area contributed by atoms with Gasteiger partial charge in [0.2, 0.25) is 5.91 Å². The van der Waals surface area contributed by atoms with Crippen molar-refractivity contribution in [3.63, 3.8) is 0 Å². The number of nitrogen functional groups attached to an aromatic ring is 1. The van der Waals surface area contributed by atoms with Crippen molar-refractivity contribution in [3.05, 3.63) is 77.9 Å². The van der Waals surface area contributed by atoms with E-state index >= 15 is 0 Å². The van der Waals surface area contributed by atoms with Gasteiger partial charge in [-0.3, -0.25) is 21.9 Å². The Bertz CT molecular complexity index is 1490. The van der Waals surface area contributed by atoms with Crippen LogP contribution >= 0.6 is 0 Å². The summed E-state index contributed by atoms with van der Waals surface area (Å²) in [5.41, 5.74) is 7.01. The van der Waals surface area contributed by atoms with Gasteiger partial charge < -0.3 is 25.2 Å². The van der Waals surface area contributed by atoms with Crippen molar-refractivity contribution in [1.29, 1.82) is 5.41 Å². The zero-order chi connectivity index (χ0) is 33.9. The molecule has 10 nitrogen and oxygen atoms in total. The van der Waals surface area contributed by atoms with Crippen LogP contribution in [0.15, 0.2) is 66.7 Å². The number of hydrazine groups is 1. The second kappa shape index (κ2) is 16.1. The molecule has 0 atom stereocenters. The maximum atomic E-state index is 13.3. The van der Waals surface area contributed by atoms with Crippen LogP contribution in [-0.4, -0.2) is 39.6 Å². The zero-order valence-electron chi connectivity index (χ0n) is 25.6. The van der Waals surface area contributed by atoms with Crippen LogP contribution in [0, 0.1) is 5.41 Å². The summed E-state index contributed by atoms with van der Waals surface area (Å²) in [6.07, 6.45) is 0.196. The third-order valence-corrected chi connectivity index (χ3v) is 7.80. The van der Waals surface area contributed by atoms with Gasteiger partial charge in [0, 0.05) is 24.6 Å². The number of unbranched alkanes of at least 4 members (excludes halogenated alkanes) is 1. The highest BCUT2D eigenvalue weighted by molar-refractivity contribution is 6.01. The number of nitrogens with one attached hydrogen (secondary N) is 1. The monoisotopic (exact) mass is 643 g/mol. The molecule has 1 aliphatic rings. The number of carboxylic acids is 1. The minimum atomic E-state index is -4.84. The predicted molar refractivity (Wildman–Crippen MR) is 168 cm³/mol. The third kappa shape index (κ3) is 9.21. The topological polar surface area (TPSA) is 178 Å². The standard InChI is InChI=1S/C33H36F3N3O5.H4N2/c1-2-3-10-29(40)39(32(31(41)42)17-5-4-6-18-32)21-22-11-13-23(14-12-22)28-20-25(15-16-27(28)30(37)38)43-24-8-7-9-26(19-24)44-33(34,35)36;1-2/h7-9,11-16,19-20H,2-6,10,17-18,21H2,1H3,(H3,37,38)(H,41,42);1-2H2. The van der Waals surface area contributed by atoms with Gasteiger partial charge in [0.1, 0.15) is 28.6 Å². The van der Waals surface area contributed by atoms with Crippen LogP contribution in [0.5, 0.6) is 17.2 Å². The van der Waals surface area contributed by atoms with E-state index in [0.29, 0.717) is 41.7 Å². The van der Waals surface area contributed by atoms with E-state index in [1.54, 1.807) is 35.2 Å². The summed E-state index contributed by atoms with van der Waals surface area (Å²) >= 11 is 0. The predicted octanol–water partition coefficient (Wildman–Crippen LogP) is 6.45. The van der Waals surface area contributed by atoms with Crippen LogP contribution in [0.2, 0.25) is 0 Å². The Hall–Kier alpha value is -4.62. The van der Waals surface area contributed by atoms with E-state index in [1.807, 2.05) is 19.1 Å². The van der Waals surface area contributed by atoms with E-state index in [9.17, 15) is 27.9 Å². The molecule has 3 aromatic rings. The van der Waals surface area contributed by atoms with Gasteiger partial charge in [-0.1, -0.05) is 62.9 Å². The number of aliphatic carboxylic acids is 1. The number of carbonyl (C=O) groups is 2. The molecule has 0 aliphatic heterocycles. The van der Waals surface area contributed by atoms with Gasteiger partial charge in [0.25, 0.3) is 0 Å². The number of nitrogens with zero attached hydrogens (tertiary/aromatic N) is 1. The summed E-state index contributed by atoms with van der Waals surface area (Å²) in [7, 11) is 0. The van der Waals surface area contributed by atoms with Gasteiger partial charge in [0.05, 0.1) is 0 Å². The number of hydrogen-bond donors (Lipinski definition) is 5. The number of amidine groups is 1. The minimum absolute atomic E-state index is 0.117. The summed E-state index contributed by atoms with van der Waals surface area (Å²) in [6.45, 7) is 2.13. The molecular weight excluding hydrogens is 603 g/mol. The molecule has 0 aromatic heterocycles. The number of nitrogens with two attached hydrogens (primary N) is 3. The van der Waals surface area contributed by atoms with Crippen molar-refractivity contribution >= 4 is 17.7 Å². The number of ether oxygens (including phenoxy) is 2. The first kappa shape index (κ1) is 35.9. The molecule has 4 rings (SSSR count). The number of halogens is 3. The molecule has 0 unspecified atom stereocenters. The Morgan fingerprint density at radius 1 is 0.957 bits per heavy atom. The lowest BCUT2D eigenvalue weighted by Crippen LogP contribution is -2.57. The molecule has 13 heteroatoms. The van der Waals surface area contributed by atoms with Crippen molar-refractivity contribution in [2.24, 2.45) is 17.4 Å². The molecule has 0 heterocycles. The zero-order valence-corrected chi connectivity index (χ0v) is 25.6. The van der Waals surface area contributed by atoms with Gasteiger partial charge in [-0.25, -0.2) is 4.79 Å². The molecule has 248 valence electrons. The first-order valence-corrected chi connectivity index (χ1v) is 14.9. The minimum Gasteiger partial charge on any atom is -0.479 e. The molecule has 0 radical (unpaired) electrons. The van der Waals surface area contributed by atoms with Crippen LogP contribution in [0.1, 0.15) is 69.4 Å². The van der Waals surface area contributed by atoms with Gasteiger partial charge in [-0.15, -0.1) is 13.2 Å². The summed E-state index contributed by atoms with van der Waals surface area (Å²) < 4.78 is 47.7. The average Bonchev–Trinajstić information content (AvgIpc) is 3.03. The van der Waals surface area contributed by atoms with Crippen LogP contribution < -0.4 is 26.9 Å². The molecule has 1 fully saturated rings. The Labute approximate surface area is 265 Å². The molecule has 3 aromatic carbocycles. The summed E-state index contributed by atoms with van der Waals surface area (Å²) in [5, 5.41) is 18.3. The fourth-order valence-electron chi connectivity index (χ4n) is 5.58. The molecule has 1 saturated carbocycles. The Balaban J connectivity index is 0.00000282.